The fourth-order valence-electron chi connectivity index (χ4n) is 4.56. The Hall–Kier alpha value is -3.75. The number of rotatable bonds is 7. The van der Waals surface area contributed by atoms with E-state index in [1.54, 1.807) is 10.9 Å². The molecule has 1 N–H and O–H groups in total. The molecule has 190 valence electrons. The lowest BCUT2D eigenvalue weighted by Crippen LogP contribution is -2.37. The van der Waals surface area contributed by atoms with Crippen LogP contribution in [-0.2, 0) is 18.6 Å². The van der Waals surface area contributed by atoms with Gasteiger partial charge in [0, 0.05) is 22.6 Å². The van der Waals surface area contributed by atoms with Crippen molar-refractivity contribution in [2.45, 2.75) is 52.4 Å². The summed E-state index contributed by atoms with van der Waals surface area (Å²) in [6.07, 6.45) is 1.64. The van der Waals surface area contributed by atoms with Gasteiger partial charge in [-0.1, -0.05) is 41.9 Å². The van der Waals surface area contributed by atoms with Crippen molar-refractivity contribution in [2.24, 2.45) is 0 Å². The van der Waals surface area contributed by atoms with E-state index in [0.717, 1.165) is 27.8 Å². The first kappa shape index (κ1) is 24.9. The summed E-state index contributed by atoms with van der Waals surface area (Å²) in [5.41, 5.74) is 2.70. The predicted molar refractivity (Wildman–Crippen MR) is 143 cm³/mol. The number of H-pyrrole nitrogens is 1. The van der Waals surface area contributed by atoms with Crippen molar-refractivity contribution >= 4 is 22.5 Å². The van der Waals surface area contributed by atoms with Gasteiger partial charge in [-0.2, -0.15) is 0 Å². The van der Waals surface area contributed by atoms with Crippen molar-refractivity contribution in [3.63, 3.8) is 0 Å². The number of hydrogen-bond donors (Lipinski definition) is 1. The third kappa shape index (κ3) is 5.21. The van der Waals surface area contributed by atoms with E-state index in [1.165, 1.54) is 0 Å². The Bertz CT molecular complexity index is 1580. The average molecular weight is 517 g/mol. The van der Waals surface area contributed by atoms with Gasteiger partial charge in [0.05, 0.1) is 18.3 Å². The van der Waals surface area contributed by atoms with E-state index in [4.69, 9.17) is 16.0 Å². The van der Waals surface area contributed by atoms with E-state index < -0.39 is 11.6 Å². The summed E-state index contributed by atoms with van der Waals surface area (Å²) in [4.78, 5) is 18.9. The number of hydrogen-bond acceptors (Lipinski definition) is 6. The Balaban J connectivity index is 1.74. The molecular formula is C28H29ClN6O2. The Kier molecular flexibility index (Phi) is 6.70. The molecule has 0 spiro atoms. The highest BCUT2D eigenvalue weighted by molar-refractivity contribution is 6.31. The molecule has 2 aromatic carbocycles. The monoisotopic (exact) mass is 516 g/mol. The van der Waals surface area contributed by atoms with Crippen molar-refractivity contribution in [3.05, 3.63) is 111 Å². The molecule has 0 unspecified atom stereocenters. The maximum Gasteiger partial charge on any atom is 0.253 e. The van der Waals surface area contributed by atoms with Gasteiger partial charge < -0.3 is 9.40 Å². The van der Waals surface area contributed by atoms with Crippen LogP contribution in [0.5, 0.6) is 0 Å². The van der Waals surface area contributed by atoms with Crippen LogP contribution in [0, 0.1) is 6.92 Å². The van der Waals surface area contributed by atoms with Crippen molar-refractivity contribution in [2.75, 3.05) is 0 Å². The van der Waals surface area contributed by atoms with E-state index in [9.17, 15) is 4.79 Å². The Labute approximate surface area is 219 Å². The smallest absolute Gasteiger partial charge is 0.253 e. The zero-order valence-electron chi connectivity index (χ0n) is 21.3. The zero-order chi connectivity index (χ0) is 26.2. The molecule has 0 fully saturated rings. The maximum absolute atomic E-state index is 13.7. The third-order valence-electron chi connectivity index (χ3n) is 6.33. The van der Waals surface area contributed by atoms with Gasteiger partial charge in [0.2, 0.25) is 0 Å². The molecule has 5 rings (SSSR count). The summed E-state index contributed by atoms with van der Waals surface area (Å²) in [5.74, 6) is 1.31. The number of aromatic amines is 1. The summed E-state index contributed by atoms with van der Waals surface area (Å²) in [6, 6.07) is 18.8. The number of aromatic nitrogens is 5. The van der Waals surface area contributed by atoms with Crippen molar-refractivity contribution in [1.29, 1.82) is 0 Å². The van der Waals surface area contributed by atoms with Crippen LogP contribution in [0.3, 0.4) is 0 Å². The molecule has 5 aromatic rings. The van der Waals surface area contributed by atoms with E-state index >= 15 is 0 Å². The predicted octanol–water partition coefficient (Wildman–Crippen LogP) is 5.62. The first-order valence-corrected chi connectivity index (χ1v) is 12.5. The van der Waals surface area contributed by atoms with E-state index in [2.05, 4.69) is 25.4 Å². The second-order valence-electron chi connectivity index (χ2n) is 10.2. The minimum absolute atomic E-state index is 0.199. The van der Waals surface area contributed by atoms with Crippen molar-refractivity contribution in [1.82, 2.24) is 30.1 Å². The van der Waals surface area contributed by atoms with E-state index in [0.29, 0.717) is 29.5 Å². The van der Waals surface area contributed by atoms with Gasteiger partial charge >= 0.3 is 0 Å². The minimum atomic E-state index is -0.593. The van der Waals surface area contributed by atoms with Crippen molar-refractivity contribution < 1.29 is 4.42 Å². The van der Waals surface area contributed by atoms with Gasteiger partial charge in [0.15, 0.2) is 5.82 Å². The quantitative estimate of drug-likeness (QED) is 0.302. The molecule has 0 aliphatic carbocycles. The van der Waals surface area contributed by atoms with Crippen LogP contribution in [0.15, 0.2) is 76.1 Å². The second kappa shape index (κ2) is 9.95. The number of nitrogens with one attached hydrogen (secondary N) is 1. The standard InChI is InChI=1S/C28H29ClN6O2/c1-18-11-12-19-15-22(27(36)30-24(19)14-18)25(26-31-32-33-35(26)28(2,3)4)34(17-21-9-7-13-37-21)16-20-8-5-6-10-23(20)29/h5-15,25H,16-17H2,1-4H3,(H,30,36)/t25-/m0/s1. The maximum atomic E-state index is 13.7. The number of furan rings is 1. The topological polar surface area (TPSA) is 92.8 Å². The fraction of sp³-hybridized carbons (Fsp3) is 0.286. The molecule has 0 saturated carbocycles. The molecule has 0 aliphatic heterocycles. The highest BCUT2D eigenvalue weighted by Gasteiger charge is 2.34. The van der Waals surface area contributed by atoms with E-state index in [1.807, 2.05) is 88.4 Å². The molecule has 1 atom stereocenters. The number of benzene rings is 2. The number of pyridine rings is 1. The summed E-state index contributed by atoms with van der Waals surface area (Å²) >= 11 is 6.59. The van der Waals surface area contributed by atoms with Crippen LogP contribution < -0.4 is 5.56 Å². The lowest BCUT2D eigenvalue weighted by atomic mass is 10.0. The molecule has 8 nitrogen and oxygen atoms in total. The first-order chi connectivity index (χ1) is 17.7. The van der Waals surface area contributed by atoms with Crippen LogP contribution in [-0.4, -0.2) is 30.1 Å². The van der Waals surface area contributed by atoms with Crippen LogP contribution >= 0.6 is 11.6 Å². The highest BCUT2D eigenvalue weighted by Crippen LogP contribution is 2.33. The Morgan fingerprint density at radius 2 is 1.89 bits per heavy atom. The average Bonchev–Trinajstić information content (AvgIpc) is 3.53. The number of tetrazole rings is 1. The summed E-state index contributed by atoms with van der Waals surface area (Å²) in [5, 5.41) is 14.3. The normalized spacial score (nSPS) is 12.9. The van der Waals surface area contributed by atoms with Crippen LogP contribution in [0.25, 0.3) is 10.9 Å². The van der Waals surface area contributed by atoms with Gasteiger partial charge in [-0.3, -0.25) is 9.69 Å². The van der Waals surface area contributed by atoms with Gasteiger partial charge in [0.25, 0.3) is 5.56 Å². The summed E-state index contributed by atoms with van der Waals surface area (Å²) in [6.45, 7) is 8.94. The SMILES string of the molecule is Cc1ccc2cc([C@@H](c3nnnn3C(C)(C)C)N(Cc3ccco3)Cc3ccccc3Cl)c(=O)[nH]c2c1. The molecule has 0 bridgehead atoms. The summed E-state index contributed by atoms with van der Waals surface area (Å²) in [7, 11) is 0. The van der Waals surface area contributed by atoms with Crippen LogP contribution in [0.1, 0.15) is 55.1 Å². The fourth-order valence-corrected chi connectivity index (χ4v) is 4.76. The second-order valence-corrected chi connectivity index (χ2v) is 10.6. The lowest BCUT2D eigenvalue weighted by molar-refractivity contribution is 0.171. The molecule has 9 heteroatoms. The third-order valence-corrected chi connectivity index (χ3v) is 6.70. The Morgan fingerprint density at radius 1 is 1.08 bits per heavy atom. The van der Waals surface area contributed by atoms with Gasteiger partial charge in [0.1, 0.15) is 11.8 Å². The van der Waals surface area contributed by atoms with Crippen LogP contribution in [0.2, 0.25) is 5.02 Å². The molecular weight excluding hydrogens is 488 g/mol. The molecule has 0 radical (unpaired) electrons. The first-order valence-electron chi connectivity index (χ1n) is 12.1. The van der Waals surface area contributed by atoms with Gasteiger partial charge in [-0.25, -0.2) is 4.68 Å². The number of aryl methyl sites for hydroxylation is 1. The minimum Gasteiger partial charge on any atom is -0.468 e. The molecule has 3 heterocycles. The molecule has 0 saturated heterocycles. The number of nitrogens with zero attached hydrogens (tertiary/aromatic N) is 5. The number of fused-ring (bicyclic) bond motifs is 1. The largest absolute Gasteiger partial charge is 0.468 e. The lowest BCUT2D eigenvalue weighted by Gasteiger charge is -2.32. The molecule has 0 amide bonds. The summed E-state index contributed by atoms with van der Waals surface area (Å²) < 4.78 is 7.50. The zero-order valence-corrected chi connectivity index (χ0v) is 22.0. The van der Waals surface area contributed by atoms with Gasteiger partial charge in [-0.15, -0.1) is 5.10 Å². The van der Waals surface area contributed by atoms with Crippen molar-refractivity contribution in [3.8, 4) is 0 Å². The van der Waals surface area contributed by atoms with Crippen LogP contribution in [0.4, 0.5) is 0 Å². The molecule has 3 aromatic heterocycles. The number of halogens is 1. The highest BCUT2D eigenvalue weighted by atomic mass is 35.5. The van der Waals surface area contributed by atoms with E-state index in [-0.39, 0.29) is 5.56 Å². The molecule has 37 heavy (non-hydrogen) atoms. The van der Waals surface area contributed by atoms with Gasteiger partial charge in [-0.05, 0) is 85.0 Å². The molecule has 0 aliphatic rings. The Morgan fingerprint density at radius 3 is 2.62 bits per heavy atom.